The van der Waals surface area contributed by atoms with E-state index >= 15 is 0 Å². The summed E-state index contributed by atoms with van der Waals surface area (Å²) < 4.78 is 23.4. The average Bonchev–Trinajstić information content (AvgIpc) is 2.82. The van der Waals surface area contributed by atoms with Gasteiger partial charge in [-0.2, -0.15) is 4.99 Å². The SMILES string of the molecule is C=CCN1C(=NC(=O)[C@H](C)CC)S[C@@H]2CS(=O)(=O)C[C@@H]21. The third-order valence-corrected chi connectivity index (χ3v) is 6.99. The highest BCUT2D eigenvalue weighted by Gasteiger charge is 2.48. The minimum atomic E-state index is -2.97. The first-order valence-corrected chi connectivity index (χ1v) is 9.45. The monoisotopic (exact) mass is 316 g/mol. The Morgan fingerprint density at radius 3 is 2.90 bits per heavy atom. The fourth-order valence-corrected chi connectivity index (χ4v) is 6.33. The van der Waals surface area contributed by atoms with Crippen LogP contribution in [-0.4, -0.2) is 53.7 Å². The molecule has 2 heterocycles. The van der Waals surface area contributed by atoms with Crippen LogP contribution in [0.2, 0.25) is 0 Å². The maximum absolute atomic E-state index is 12.0. The zero-order chi connectivity index (χ0) is 14.9. The Morgan fingerprint density at radius 2 is 2.30 bits per heavy atom. The van der Waals surface area contributed by atoms with E-state index < -0.39 is 9.84 Å². The number of thioether (sulfide) groups is 1. The van der Waals surface area contributed by atoms with Gasteiger partial charge in [0.05, 0.1) is 17.5 Å². The van der Waals surface area contributed by atoms with E-state index in [0.29, 0.717) is 11.7 Å². The third kappa shape index (κ3) is 3.09. The number of hydrogen-bond acceptors (Lipinski definition) is 4. The summed E-state index contributed by atoms with van der Waals surface area (Å²) in [6.45, 7) is 8.03. The van der Waals surface area contributed by atoms with Gasteiger partial charge in [-0.05, 0) is 6.42 Å². The standard InChI is InChI=1S/C13H20N2O3S2/c1-4-6-15-10-7-20(17,18)8-11(10)19-13(15)14-12(16)9(3)5-2/h4,9-11H,1,5-8H2,2-3H3/t9-,10+,11-/m1/s1. The average molecular weight is 316 g/mol. The Hall–Kier alpha value is -0.820. The van der Waals surface area contributed by atoms with Crippen molar-refractivity contribution in [1.29, 1.82) is 0 Å². The minimum absolute atomic E-state index is 0.0107. The molecular formula is C13H20N2O3S2. The van der Waals surface area contributed by atoms with Crippen LogP contribution in [0.3, 0.4) is 0 Å². The number of amides is 1. The number of hydrogen-bond donors (Lipinski definition) is 0. The van der Waals surface area contributed by atoms with Gasteiger partial charge in [0, 0.05) is 17.7 Å². The minimum Gasteiger partial charge on any atom is -0.342 e. The van der Waals surface area contributed by atoms with Gasteiger partial charge in [0.2, 0.25) is 0 Å². The Morgan fingerprint density at radius 1 is 1.60 bits per heavy atom. The quantitative estimate of drug-likeness (QED) is 0.732. The van der Waals surface area contributed by atoms with E-state index in [4.69, 9.17) is 0 Å². The molecule has 2 aliphatic rings. The predicted molar refractivity (Wildman–Crippen MR) is 82.6 cm³/mol. The van der Waals surface area contributed by atoms with Gasteiger partial charge in [-0.25, -0.2) is 8.42 Å². The summed E-state index contributed by atoms with van der Waals surface area (Å²) in [4.78, 5) is 18.1. The van der Waals surface area contributed by atoms with Crippen molar-refractivity contribution in [3.8, 4) is 0 Å². The van der Waals surface area contributed by atoms with Crippen molar-refractivity contribution in [2.24, 2.45) is 10.9 Å². The van der Waals surface area contributed by atoms with Gasteiger partial charge in [0.25, 0.3) is 5.91 Å². The van der Waals surface area contributed by atoms with Crippen LogP contribution >= 0.6 is 11.8 Å². The highest BCUT2D eigenvalue weighted by atomic mass is 32.2. The summed E-state index contributed by atoms with van der Waals surface area (Å²) in [7, 11) is -2.97. The van der Waals surface area contributed by atoms with E-state index in [0.717, 1.165) is 6.42 Å². The number of rotatable bonds is 4. The smallest absolute Gasteiger partial charge is 0.250 e. The maximum atomic E-state index is 12.0. The summed E-state index contributed by atoms with van der Waals surface area (Å²) in [5, 5.41) is 0.642. The van der Waals surface area contributed by atoms with Crippen molar-refractivity contribution in [2.45, 2.75) is 31.6 Å². The molecule has 0 aliphatic carbocycles. The number of fused-ring (bicyclic) bond motifs is 1. The zero-order valence-corrected chi connectivity index (χ0v) is 13.4. The van der Waals surface area contributed by atoms with Crippen LogP contribution in [0, 0.1) is 5.92 Å². The molecule has 0 spiro atoms. The van der Waals surface area contributed by atoms with Crippen molar-refractivity contribution in [3.05, 3.63) is 12.7 Å². The molecule has 7 heteroatoms. The number of amidine groups is 1. The Kier molecular flexibility index (Phi) is 4.59. The van der Waals surface area contributed by atoms with E-state index in [2.05, 4.69) is 11.6 Å². The number of carbonyl (C=O) groups excluding carboxylic acids is 1. The lowest BCUT2D eigenvalue weighted by molar-refractivity contribution is -0.121. The van der Waals surface area contributed by atoms with E-state index in [9.17, 15) is 13.2 Å². The number of carbonyl (C=O) groups is 1. The molecule has 0 aromatic heterocycles. The molecule has 0 radical (unpaired) electrons. The summed E-state index contributed by atoms with van der Waals surface area (Å²) in [6, 6.07) is -0.0773. The lowest BCUT2D eigenvalue weighted by atomic mass is 10.1. The van der Waals surface area contributed by atoms with Crippen molar-refractivity contribution in [2.75, 3.05) is 18.1 Å². The molecule has 0 saturated carbocycles. The van der Waals surface area contributed by atoms with E-state index in [1.165, 1.54) is 11.8 Å². The molecule has 5 nitrogen and oxygen atoms in total. The fourth-order valence-electron chi connectivity index (χ4n) is 2.37. The number of nitrogens with zero attached hydrogens (tertiary/aromatic N) is 2. The van der Waals surface area contributed by atoms with Gasteiger partial charge in [-0.15, -0.1) is 6.58 Å². The third-order valence-electron chi connectivity index (χ3n) is 3.74. The van der Waals surface area contributed by atoms with E-state index in [1.54, 1.807) is 6.08 Å². The predicted octanol–water partition coefficient (Wildman–Crippen LogP) is 1.32. The molecule has 20 heavy (non-hydrogen) atoms. The Balaban J connectivity index is 2.22. The molecule has 0 aromatic rings. The second-order valence-electron chi connectivity index (χ2n) is 5.28. The molecule has 2 rings (SSSR count). The van der Waals surface area contributed by atoms with Gasteiger partial charge in [0.1, 0.15) is 0 Å². The molecule has 0 N–H and O–H groups in total. The van der Waals surface area contributed by atoms with Crippen molar-refractivity contribution in [3.63, 3.8) is 0 Å². The van der Waals surface area contributed by atoms with Crippen molar-refractivity contribution >= 4 is 32.7 Å². The largest absolute Gasteiger partial charge is 0.342 e. The first-order chi connectivity index (χ1) is 9.38. The Labute approximate surface area is 124 Å². The lowest BCUT2D eigenvalue weighted by Crippen LogP contribution is -2.37. The van der Waals surface area contributed by atoms with Gasteiger partial charge in [0.15, 0.2) is 15.0 Å². The van der Waals surface area contributed by atoms with Gasteiger partial charge >= 0.3 is 0 Å². The van der Waals surface area contributed by atoms with Crippen LogP contribution in [0.4, 0.5) is 0 Å². The Bertz CT molecular complexity index is 542. The van der Waals surface area contributed by atoms with Crippen molar-refractivity contribution in [1.82, 2.24) is 4.90 Å². The second kappa shape index (κ2) is 5.89. The lowest BCUT2D eigenvalue weighted by Gasteiger charge is -2.22. The molecule has 0 aromatic carbocycles. The van der Waals surface area contributed by atoms with Gasteiger partial charge in [-0.1, -0.05) is 31.7 Å². The molecule has 2 fully saturated rings. The maximum Gasteiger partial charge on any atom is 0.250 e. The van der Waals surface area contributed by atoms with Crippen LogP contribution in [-0.2, 0) is 14.6 Å². The van der Waals surface area contributed by atoms with E-state index in [-0.39, 0.29) is 34.6 Å². The van der Waals surface area contributed by atoms with Crippen LogP contribution in [0.5, 0.6) is 0 Å². The van der Waals surface area contributed by atoms with Gasteiger partial charge < -0.3 is 4.90 Å². The molecule has 2 aliphatic heterocycles. The summed E-state index contributed by atoms with van der Waals surface area (Å²) in [6.07, 6.45) is 2.47. The summed E-state index contributed by atoms with van der Waals surface area (Å²) in [5.74, 6) is 0.0893. The van der Waals surface area contributed by atoms with E-state index in [1.807, 2.05) is 18.7 Å². The number of aliphatic imine (C=N–C) groups is 1. The van der Waals surface area contributed by atoms with Crippen LogP contribution in [0.15, 0.2) is 17.6 Å². The summed E-state index contributed by atoms with van der Waals surface area (Å²) in [5.41, 5.74) is 0. The van der Waals surface area contributed by atoms with Crippen LogP contribution < -0.4 is 0 Å². The summed E-state index contributed by atoms with van der Waals surface area (Å²) >= 11 is 1.42. The first kappa shape index (κ1) is 15.6. The molecule has 1 amide bonds. The van der Waals surface area contributed by atoms with Crippen LogP contribution in [0.25, 0.3) is 0 Å². The highest BCUT2D eigenvalue weighted by molar-refractivity contribution is 8.15. The van der Waals surface area contributed by atoms with Crippen LogP contribution in [0.1, 0.15) is 20.3 Å². The molecule has 112 valence electrons. The molecule has 0 unspecified atom stereocenters. The first-order valence-electron chi connectivity index (χ1n) is 6.75. The normalized spacial score (nSPS) is 31.3. The zero-order valence-electron chi connectivity index (χ0n) is 11.8. The molecular weight excluding hydrogens is 296 g/mol. The molecule has 3 atom stereocenters. The second-order valence-corrected chi connectivity index (χ2v) is 8.64. The molecule has 2 saturated heterocycles. The topological polar surface area (TPSA) is 66.8 Å². The fraction of sp³-hybridized carbons (Fsp3) is 0.692. The van der Waals surface area contributed by atoms with Gasteiger partial charge in [-0.3, -0.25) is 4.79 Å². The van der Waals surface area contributed by atoms with Crippen molar-refractivity contribution < 1.29 is 13.2 Å². The number of sulfone groups is 1. The highest BCUT2D eigenvalue weighted by Crippen LogP contribution is 2.38. The molecule has 0 bridgehead atoms.